The lowest BCUT2D eigenvalue weighted by molar-refractivity contribution is 0.0695. The van der Waals surface area contributed by atoms with E-state index in [1.165, 1.54) is 12.1 Å². The van der Waals surface area contributed by atoms with Gasteiger partial charge in [0.25, 0.3) is 5.91 Å². The molecule has 0 saturated carbocycles. The summed E-state index contributed by atoms with van der Waals surface area (Å²) >= 11 is 12.6. The number of nitrogens with two attached hydrogens (primary N) is 1. The lowest BCUT2D eigenvalue weighted by Crippen LogP contribution is -2.27. The zero-order chi connectivity index (χ0) is 45.0. The molecule has 2 heterocycles. The lowest BCUT2D eigenvalue weighted by atomic mass is 10.0. The molecular weight excluding hydrogens is 815 g/mol. The van der Waals surface area contributed by atoms with E-state index in [0.29, 0.717) is 38.8 Å². The van der Waals surface area contributed by atoms with E-state index < -0.39 is 5.97 Å². The number of hydrogen-bond donors (Lipinski definition) is 5. The Hall–Kier alpha value is -6.14. The summed E-state index contributed by atoms with van der Waals surface area (Å²) in [6.45, 7) is 15.2. The third-order valence-electron chi connectivity index (χ3n) is 9.75. The molecule has 11 nitrogen and oxygen atoms in total. The highest BCUT2D eigenvalue weighted by atomic mass is 35.5. The number of aromatic amines is 2. The van der Waals surface area contributed by atoms with Gasteiger partial charge in [0, 0.05) is 85.9 Å². The molecule has 0 spiro atoms. The quantitative estimate of drug-likeness (QED) is 0.0855. The number of carbonyl (C=O) groups excluding carboxylic acids is 1. The molecule has 320 valence electrons. The number of rotatable bonds is 11. The highest BCUT2D eigenvalue weighted by Gasteiger charge is 2.19. The van der Waals surface area contributed by atoms with Gasteiger partial charge in [-0.1, -0.05) is 71.7 Å². The van der Waals surface area contributed by atoms with Gasteiger partial charge in [0.1, 0.15) is 23.7 Å². The van der Waals surface area contributed by atoms with Crippen molar-refractivity contribution in [2.75, 3.05) is 0 Å². The Labute approximate surface area is 365 Å². The molecule has 6 N–H and O–H groups in total. The zero-order valence-electron chi connectivity index (χ0n) is 35.5. The fraction of sp³-hybridized carbons (Fsp3) is 0.250. The van der Waals surface area contributed by atoms with Crippen LogP contribution in [-0.2, 0) is 13.1 Å². The van der Waals surface area contributed by atoms with E-state index in [0.717, 1.165) is 51.0 Å². The van der Waals surface area contributed by atoms with Crippen molar-refractivity contribution in [1.29, 1.82) is 0 Å². The second-order valence-corrected chi connectivity index (χ2v) is 15.4. The number of benzene rings is 4. The topological polar surface area (TPSA) is 177 Å². The Morgan fingerprint density at radius 3 is 1.48 bits per heavy atom. The predicted molar refractivity (Wildman–Crippen MR) is 242 cm³/mol. The highest BCUT2D eigenvalue weighted by Crippen LogP contribution is 2.31. The first-order valence-corrected chi connectivity index (χ1v) is 20.3. The van der Waals surface area contributed by atoms with Gasteiger partial charge in [-0.15, -0.1) is 0 Å². The van der Waals surface area contributed by atoms with E-state index in [1.807, 2.05) is 115 Å². The molecular formula is C48H52Cl2N4O7. The van der Waals surface area contributed by atoms with Gasteiger partial charge in [-0.2, -0.15) is 0 Å². The van der Waals surface area contributed by atoms with E-state index in [2.05, 4.69) is 15.3 Å². The van der Waals surface area contributed by atoms with Crippen molar-refractivity contribution in [3.63, 3.8) is 0 Å². The number of para-hydroxylation sites is 2. The smallest absolute Gasteiger partial charge is 0.336 e. The van der Waals surface area contributed by atoms with Crippen LogP contribution in [0, 0.1) is 41.5 Å². The highest BCUT2D eigenvalue weighted by molar-refractivity contribution is 6.32. The molecule has 2 unspecified atom stereocenters. The third kappa shape index (κ3) is 13.2. The summed E-state index contributed by atoms with van der Waals surface area (Å²) in [5, 5.41) is 12.7. The predicted octanol–water partition coefficient (Wildman–Crippen LogP) is 9.96. The van der Waals surface area contributed by atoms with Crippen LogP contribution in [0.3, 0.4) is 0 Å². The monoisotopic (exact) mass is 866 g/mol. The summed E-state index contributed by atoms with van der Waals surface area (Å²) in [6, 6.07) is 28.8. The van der Waals surface area contributed by atoms with Crippen LogP contribution in [0.5, 0.6) is 11.5 Å². The number of ether oxygens (including phenoxy) is 2. The van der Waals surface area contributed by atoms with Crippen molar-refractivity contribution < 1.29 is 24.2 Å². The first-order chi connectivity index (χ1) is 28.9. The second-order valence-electron chi connectivity index (χ2n) is 14.6. The lowest BCUT2D eigenvalue weighted by Gasteiger charge is -2.18. The van der Waals surface area contributed by atoms with Gasteiger partial charge in [-0.05, 0) is 103 Å². The average Bonchev–Trinajstić information content (AvgIpc) is 3.19. The number of amides is 1. The molecule has 0 aliphatic rings. The van der Waals surface area contributed by atoms with Crippen LogP contribution >= 0.6 is 23.2 Å². The molecule has 13 heteroatoms. The van der Waals surface area contributed by atoms with Crippen LogP contribution < -0.4 is 31.4 Å². The van der Waals surface area contributed by atoms with Gasteiger partial charge in [0.15, 0.2) is 10.9 Å². The van der Waals surface area contributed by atoms with Crippen LogP contribution in [0.2, 0.25) is 10.0 Å². The van der Waals surface area contributed by atoms with Crippen molar-refractivity contribution in [3.8, 4) is 11.5 Å². The van der Waals surface area contributed by atoms with Crippen LogP contribution in [-0.4, -0.2) is 27.0 Å². The summed E-state index contributed by atoms with van der Waals surface area (Å²) in [7, 11) is 0. The number of carboxylic acids is 1. The van der Waals surface area contributed by atoms with Gasteiger partial charge in [0.05, 0.1) is 5.56 Å². The molecule has 2 aromatic heterocycles. The maximum atomic E-state index is 12.7. The summed E-state index contributed by atoms with van der Waals surface area (Å²) < 4.78 is 11.8. The number of aromatic carboxylic acids is 1. The van der Waals surface area contributed by atoms with Gasteiger partial charge < -0.3 is 35.6 Å². The fourth-order valence-electron chi connectivity index (χ4n) is 6.53. The number of aromatic nitrogens is 2. The molecule has 0 saturated heterocycles. The van der Waals surface area contributed by atoms with Crippen molar-refractivity contribution in [2.45, 2.75) is 80.7 Å². The van der Waals surface area contributed by atoms with Crippen molar-refractivity contribution in [3.05, 3.63) is 195 Å². The van der Waals surface area contributed by atoms with Gasteiger partial charge >= 0.3 is 5.97 Å². The average molecular weight is 868 g/mol. The Morgan fingerprint density at radius 1 is 0.656 bits per heavy atom. The van der Waals surface area contributed by atoms with E-state index in [1.54, 1.807) is 25.1 Å². The third-order valence-corrected chi connectivity index (χ3v) is 10.4. The summed E-state index contributed by atoms with van der Waals surface area (Å²) in [6.07, 6.45) is -0.532. The number of pyridine rings is 2. The van der Waals surface area contributed by atoms with Crippen LogP contribution in [0.4, 0.5) is 0 Å². The Morgan fingerprint density at radius 2 is 1.07 bits per heavy atom. The summed E-state index contributed by atoms with van der Waals surface area (Å²) in [5.41, 5.74) is 13.5. The Balaban J connectivity index is 0.000000226. The Bertz CT molecular complexity index is 2590. The van der Waals surface area contributed by atoms with Gasteiger partial charge in [-0.3, -0.25) is 14.4 Å². The fourth-order valence-corrected chi connectivity index (χ4v) is 7.16. The maximum absolute atomic E-state index is 12.7. The van der Waals surface area contributed by atoms with E-state index in [9.17, 15) is 19.2 Å². The number of carboxylic acid groups (broad SMARTS) is 1. The van der Waals surface area contributed by atoms with Gasteiger partial charge in [-0.25, -0.2) is 4.79 Å². The summed E-state index contributed by atoms with van der Waals surface area (Å²) in [4.78, 5) is 53.3. The molecule has 0 bridgehead atoms. The Kier molecular flexibility index (Phi) is 17.1. The molecule has 1 amide bonds. The first kappa shape index (κ1) is 47.5. The van der Waals surface area contributed by atoms with Crippen molar-refractivity contribution in [2.24, 2.45) is 5.73 Å². The van der Waals surface area contributed by atoms with Crippen LogP contribution in [0.25, 0.3) is 0 Å². The van der Waals surface area contributed by atoms with E-state index in [4.69, 9.17) is 43.5 Å². The van der Waals surface area contributed by atoms with Crippen molar-refractivity contribution >= 4 is 35.1 Å². The largest absolute Gasteiger partial charge is 0.486 e. The number of aryl methyl sites for hydroxylation is 6. The maximum Gasteiger partial charge on any atom is 0.336 e. The van der Waals surface area contributed by atoms with Gasteiger partial charge in [0.2, 0.25) is 0 Å². The minimum absolute atomic E-state index is 0.0289. The molecule has 6 rings (SSSR count). The summed E-state index contributed by atoms with van der Waals surface area (Å²) in [5.74, 6) is 0.236. The normalized spacial score (nSPS) is 11.5. The molecule has 0 aliphatic carbocycles. The zero-order valence-corrected chi connectivity index (χ0v) is 37.0. The number of nitrogens with one attached hydrogen (secondary N) is 3. The molecule has 6 aromatic rings. The molecule has 0 fully saturated rings. The van der Waals surface area contributed by atoms with E-state index in [-0.39, 0.29) is 41.1 Å². The molecule has 0 aliphatic heterocycles. The van der Waals surface area contributed by atoms with Crippen LogP contribution in [0.15, 0.2) is 107 Å². The van der Waals surface area contributed by atoms with Crippen molar-refractivity contribution in [1.82, 2.24) is 15.3 Å². The molecule has 2 atom stereocenters. The molecule has 61 heavy (non-hydrogen) atoms. The number of halogens is 2. The van der Waals surface area contributed by atoms with E-state index >= 15 is 0 Å². The minimum Gasteiger partial charge on any atom is -0.486 e. The number of hydrogen-bond acceptors (Lipinski definition) is 7. The van der Waals surface area contributed by atoms with Crippen LogP contribution in [0.1, 0.15) is 103 Å². The number of H-pyrrole nitrogens is 2. The minimum atomic E-state index is -0.979. The number of carbonyl (C=O) groups is 2. The molecule has 0 radical (unpaired) electrons. The molecule has 4 aromatic carbocycles. The SMILES string of the molecule is Cc1cc(=O)c(CN)c(C)[nH]1.Cc1cc(=O)c(CNC(=O)c2cc(Cl)c(C(C)Oc3ccccc3)cc2C)c(C)[nH]1.Cc1cc(C(C)Oc2ccccc2)c(Cl)cc1C(=O)O. The first-order valence-electron chi connectivity index (χ1n) is 19.5. The standard InChI is InChI=1S/C24H25ClN2O3.C16H15ClO3.C8H12N2O/c1-14-10-20(17(4)30-18-8-6-5-7-9-18)22(25)12-19(14)24(29)26-13-21-16(3)27-15(2)11-23(21)28;1-10-8-14(15(17)9-13(10)16(18)19)11(2)20-12-6-4-3-5-7-12;1-5-3-8(11)7(4-9)6(2)10-5/h5-12,17H,13H2,1-4H3,(H,26,29)(H,27,28);3-9,11H,1-2H3,(H,18,19);3H,4,9H2,1-2H3,(H,10,11). The second kappa shape index (κ2) is 21.9.